The summed E-state index contributed by atoms with van der Waals surface area (Å²) in [6.07, 6.45) is 3.58. The number of nitrogens with zero attached hydrogens (tertiary/aromatic N) is 1. The summed E-state index contributed by atoms with van der Waals surface area (Å²) in [5.74, 6) is -0.0692. The largest absolute Gasteiger partial charge is 0.448 e. The van der Waals surface area contributed by atoms with E-state index < -0.39 is 15.7 Å². The van der Waals surface area contributed by atoms with Gasteiger partial charge in [0.1, 0.15) is 12.0 Å². The third-order valence-corrected chi connectivity index (χ3v) is 5.68. The highest BCUT2D eigenvalue weighted by atomic mass is 35.5. The van der Waals surface area contributed by atoms with Gasteiger partial charge in [0, 0.05) is 29.7 Å². The van der Waals surface area contributed by atoms with Crippen molar-refractivity contribution in [2.45, 2.75) is 24.2 Å². The number of halogens is 1. The Morgan fingerprint density at radius 2 is 1.90 bits per heavy atom. The lowest BCUT2D eigenvalue weighted by molar-refractivity contribution is -0.129. The number of oxazole rings is 1. The van der Waals surface area contributed by atoms with Crippen LogP contribution in [0.1, 0.15) is 18.7 Å². The van der Waals surface area contributed by atoms with Crippen LogP contribution in [0.5, 0.6) is 0 Å². The fourth-order valence-corrected chi connectivity index (χ4v) is 3.63. The van der Waals surface area contributed by atoms with Crippen LogP contribution in [0.3, 0.4) is 0 Å². The highest BCUT2D eigenvalue weighted by molar-refractivity contribution is 7.90. The molecule has 3 aromatic rings. The number of hydrogen-bond acceptors (Lipinski definition) is 6. The van der Waals surface area contributed by atoms with Crippen LogP contribution in [0.4, 0.5) is 0 Å². The molecule has 0 aliphatic rings. The third-order valence-electron chi connectivity index (χ3n) is 4.32. The highest BCUT2D eigenvalue weighted by Crippen LogP contribution is 2.34. The topological polar surface area (TPSA) is 110 Å². The first kappa shape index (κ1) is 21.0. The van der Waals surface area contributed by atoms with Gasteiger partial charge in [-0.3, -0.25) is 10.0 Å². The van der Waals surface area contributed by atoms with E-state index >= 15 is 0 Å². The predicted octanol–water partition coefficient (Wildman–Crippen LogP) is 3.89. The highest BCUT2D eigenvalue weighted by Gasteiger charge is 2.17. The fourth-order valence-electron chi connectivity index (χ4n) is 2.85. The Labute approximate surface area is 173 Å². The number of carbonyl (C=O) groups is 1. The van der Waals surface area contributed by atoms with E-state index in [-0.39, 0.29) is 11.3 Å². The molecule has 0 fully saturated rings. The summed E-state index contributed by atoms with van der Waals surface area (Å²) in [5.41, 5.74) is 4.31. The quantitative estimate of drug-likeness (QED) is 0.431. The minimum atomic E-state index is -3.41. The molecule has 3 rings (SSSR count). The SMILES string of the molecule is CS(=O)(=O)c1ccc(-c2ccc(Cl)cc2)c(-c2coc(CCCC(=O)NO)n2)c1. The van der Waals surface area contributed by atoms with E-state index in [4.69, 9.17) is 21.2 Å². The first-order valence-electron chi connectivity index (χ1n) is 8.75. The average Bonchev–Trinajstić information content (AvgIpc) is 3.16. The number of aromatic nitrogens is 1. The third kappa shape index (κ3) is 5.23. The van der Waals surface area contributed by atoms with Gasteiger partial charge in [0.05, 0.1) is 4.90 Å². The Kier molecular flexibility index (Phi) is 6.36. The van der Waals surface area contributed by atoms with Crippen LogP contribution < -0.4 is 5.48 Å². The van der Waals surface area contributed by atoms with Gasteiger partial charge in [0.15, 0.2) is 15.7 Å². The number of benzene rings is 2. The van der Waals surface area contributed by atoms with E-state index in [2.05, 4.69) is 4.98 Å². The standard InChI is InChI=1S/C20H19ClN2O5S/c1-29(26,27)15-9-10-16(13-5-7-14(21)8-6-13)17(11-15)18-12-28-20(22-18)4-2-3-19(24)23-25/h5-12,25H,2-4H2,1H3,(H,23,24). The number of aryl methyl sites for hydroxylation is 1. The van der Waals surface area contributed by atoms with Crippen molar-refractivity contribution in [1.82, 2.24) is 10.5 Å². The lowest BCUT2D eigenvalue weighted by Gasteiger charge is -2.10. The molecule has 1 aromatic heterocycles. The zero-order chi connectivity index (χ0) is 21.0. The molecule has 29 heavy (non-hydrogen) atoms. The number of hydrogen-bond donors (Lipinski definition) is 2. The number of sulfone groups is 1. The smallest absolute Gasteiger partial charge is 0.243 e. The Morgan fingerprint density at radius 1 is 1.17 bits per heavy atom. The Balaban J connectivity index is 1.98. The summed E-state index contributed by atoms with van der Waals surface area (Å²) in [4.78, 5) is 15.7. The number of nitrogens with one attached hydrogen (secondary N) is 1. The lowest BCUT2D eigenvalue weighted by Crippen LogP contribution is -2.18. The van der Waals surface area contributed by atoms with Crippen molar-refractivity contribution in [3.05, 3.63) is 59.6 Å². The normalized spacial score (nSPS) is 11.4. The van der Waals surface area contributed by atoms with Gasteiger partial charge < -0.3 is 4.42 Å². The first-order valence-corrected chi connectivity index (χ1v) is 11.0. The zero-order valence-corrected chi connectivity index (χ0v) is 17.1. The summed E-state index contributed by atoms with van der Waals surface area (Å²) >= 11 is 5.97. The Bertz CT molecular complexity index is 1120. The van der Waals surface area contributed by atoms with Crippen molar-refractivity contribution >= 4 is 27.3 Å². The summed E-state index contributed by atoms with van der Waals surface area (Å²) in [6.45, 7) is 0. The van der Waals surface area contributed by atoms with Crippen molar-refractivity contribution in [1.29, 1.82) is 0 Å². The molecule has 0 unspecified atom stereocenters. The lowest BCUT2D eigenvalue weighted by atomic mass is 9.98. The van der Waals surface area contributed by atoms with Crippen molar-refractivity contribution in [3.8, 4) is 22.4 Å². The van der Waals surface area contributed by atoms with E-state index in [0.717, 1.165) is 17.4 Å². The molecule has 0 spiro atoms. The van der Waals surface area contributed by atoms with Crippen LogP contribution in [0.2, 0.25) is 5.02 Å². The summed E-state index contributed by atoms with van der Waals surface area (Å²) in [5, 5.41) is 9.13. The van der Waals surface area contributed by atoms with Crippen LogP contribution in [-0.2, 0) is 21.1 Å². The molecule has 152 valence electrons. The summed E-state index contributed by atoms with van der Waals surface area (Å²) in [7, 11) is -3.41. The molecule has 1 amide bonds. The van der Waals surface area contributed by atoms with Gasteiger partial charge in [0.25, 0.3) is 0 Å². The van der Waals surface area contributed by atoms with E-state index in [1.54, 1.807) is 35.8 Å². The van der Waals surface area contributed by atoms with Gasteiger partial charge >= 0.3 is 0 Å². The molecule has 0 saturated heterocycles. The molecular weight excluding hydrogens is 416 g/mol. The maximum atomic E-state index is 12.0. The molecule has 7 nitrogen and oxygen atoms in total. The minimum Gasteiger partial charge on any atom is -0.448 e. The molecule has 0 bridgehead atoms. The molecule has 9 heteroatoms. The average molecular weight is 435 g/mol. The van der Waals surface area contributed by atoms with Gasteiger partial charge in [-0.15, -0.1) is 0 Å². The maximum absolute atomic E-state index is 12.0. The minimum absolute atomic E-state index is 0.133. The molecular formula is C20H19ClN2O5S. The molecule has 0 radical (unpaired) electrons. The van der Waals surface area contributed by atoms with Gasteiger partial charge in [-0.25, -0.2) is 18.9 Å². The van der Waals surface area contributed by atoms with Crippen LogP contribution >= 0.6 is 11.6 Å². The van der Waals surface area contributed by atoms with Crippen molar-refractivity contribution in [2.75, 3.05) is 6.26 Å². The number of rotatable bonds is 7. The first-order chi connectivity index (χ1) is 13.8. The summed E-state index contributed by atoms with van der Waals surface area (Å²) < 4.78 is 29.6. The predicted molar refractivity (Wildman–Crippen MR) is 108 cm³/mol. The Hall–Kier alpha value is -2.68. The second kappa shape index (κ2) is 8.77. The van der Waals surface area contributed by atoms with Crippen molar-refractivity contribution in [3.63, 3.8) is 0 Å². The van der Waals surface area contributed by atoms with Gasteiger partial charge in [-0.2, -0.15) is 0 Å². The molecule has 0 aliphatic heterocycles. The van der Waals surface area contributed by atoms with Gasteiger partial charge in [0.2, 0.25) is 5.91 Å². The second-order valence-corrected chi connectivity index (χ2v) is 8.95. The molecule has 2 N–H and O–H groups in total. The molecule has 2 aromatic carbocycles. The number of amides is 1. The van der Waals surface area contributed by atoms with Crippen LogP contribution in [-0.4, -0.2) is 30.8 Å². The molecule has 1 heterocycles. The summed E-state index contributed by atoms with van der Waals surface area (Å²) in [6, 6.07) is 12.1. The monoisotopic (exact) mass is 434 g/mol. The molecule has 0 aliphatic carbocycles. The van der Waals surface area contributed by atoms with E-state index in [9.17, 15) is 13.2 Å². The van der Waals surface area contributed by atoms with Gasteiger partial charge in [-0.05, 0) is 41.8 Å². The fraction of sp³-hybridized carbons (Fsp3) is 0.200. The number of hydroxylamine groups is 1. The van der Waals surface area contributed by atoms with Gasteiger partial charge in [-0.1, -0.05) is 29.8 Å². The second-order valence-electron chi connectivity index (χ2n) is 6.50. The maximum Gasteiger partial charge on any atom is 0.243 e. The van der Waals surface area contributed by atoms with Crippen LogP contribution in [0, 0.1) is 0 Å². The molecule has 0 saturated carbocycles. The van der Waals surface area contributed by atoms with E-state index in [0.29, 0.717) is 35.0 Å². The zero-order valence-electron chi connectivity index (χ0n) is 15.6. The van der Waals surface area contributed by atoms with E-state index in [1.807, 2.05) is 12.1 Å². The van der Waals surface area contributed by atoms with Crippen LogP contribution in [0.25, 0.3) is 22.4 Å². The number of carbonyl (C=O) groups excluding carboxylic acids is 1. The van der Waals surface area contributed by atoms with Crippen LogP contribution in [0.15, 0.2) is 58.0 Å². The molecule has 0 atom stereocenters. The Morgan fingerprint density at radius 3 is 2.55 bits per heavy atom. The van der Waals surface area contributed by atoms with Crippen molar-refractivity contribution in [2.24, 2.45) is 0 Å². The van der Waals surface area contributed by atoms with E-state index in [1.165, 1.54) is 6.26 Å². The van der Waals surface area contributed by atoms with Crippen molar-refractivity contribution < 1.29 is 22.8 Å².